The number of likely N-dealkylation sites (N-methyl/N-ethyl adjacent to an activating group) is 1. The molecular weight excluding hydrogens is 318 g/mol. The monoisotopic (exact) mass is 335 g/mol. The number of carbonyl (C=O) groups is 1. The molecular formula is C12H17NO6S2. The van der Waals surface area contributed by atoms with Crippen molar-refractivity contribution in [1.82, 2.24) is 4.31 Å². The Morgan fingerprint density at radius 2 is 2.10 bits per heavy atom. The predicted molar refractivity (Wildman–Crippen MR) is 76.1 cm³/mol. The molecule has 0 atom stereocenters. The Morgan fingerprint density at radius 3 is 2.62 bits per heavy atom. The molecule has 118 valence electrons. The first-order chi connectivity index (χ1) is 9.74. The van der Waals surface area contributed by atoms with E-state index < -0.39 is 21.6 Å². The molecule has 0 spiro atoms. The van der Waals surface area contributed by atoms with Crippen molar-refractivity contribution in [2.75, 3.05) is 26.8 Å². The number of aliphatic hydroxyl groups is 1. The third-order valence-electron chi connectivity index (χ3n) is 3.43. The van der Waals surface area contributed by atoms with Gasteiger partial charge in [-0.25, -0.2) is 13.2 Å². The molecule has 2 heterocycles. The van der Waals surface area contributed by atoms with Gasteiger partial charge in [-0.1, -0.05) is 0 Å². The summed E-state index contributed by atoms with van der Waals surface area (Å²) >= 11 is 0.859. The SMILES string of the molecule is CN(CC1(O)CCOCC1)S(=O)(=O)c1csc(C(=O)O)c1. The number of ether oxygens (including phenoxy) is 1. The number of nitrogens with zero attached hydrogens (tertiary/aromatic N) is 1. The van der Waals surface area contributed by atoms with Crippen LogP contribution in [0.4, 0.5) is 0 Å². The van der Waals surface area contributed by atoms with Crippen molar-refractivity contribution >= 4 is 27.3 Å². The lowest BCUT2D eigenvalue weighted by molar-refractivity contribution is -0.0689. The van der Waals surface area contributed by atoms with E-state index >= 15 is 0 Å². The molecule has 0 radical (unpaired) electrons. The smallest absolute Gasteiger partial charge is 0.345 e. The second-order valence-corrected chi connectivity index (χ2v) is 8.01. The molecule has 0 aromatic carbocycles. The highest BCUT2D eigenvalue weighted by atomic mass is 32.2. The van der Waals surface area contributed by atoms with Gasteiger partial charge in [0.25, 0.3) is 0 Å². The molecule has 21 heavy (non-hydrogen) atoms. The summed E-state index contributed by atoms with van der Waals surface area (Å²) in [5, 5.41) is 20.5. The van der Waals surface area contributed by atoms with Crippen molar-refractivity contribution in [3.63, 3.8) is 0 Å². The van der Waals surface area contributed by atoms with Gasteiger partial charge in [0, 0.05) is 45.0 Å². The standard InChI is InChI=1S/C12H17NO6S2/c1-13(8-12(16)2-4-19-5-3-12)21(17,18)9-6-10(11(14)15)20-7-9/h6-7,16H,2-5,8H2,1H3,(H,14,15). The number of hydrogen-bond acceptors (Lipinski definition) is 6. The average molecular weight is 335 g/mol. The van der Waals surface area contributed by atoms with Crippen molar-refractivity contribution in [2.24, 2.45) is 0 Å². The van der Waals surface area contributed by atoms with Crippen LogP contribution in [0.15, 0.2) is 16.3 Å². The van der Waals surface area contributed by atoms with Crippen LogP contribution in [0.25, 0.3) is 0 Å². The number of aromatic carboxylic acids is 1. The molecule has 1 fully saturated rings. The van der Waals surface area contributed by atoms with Crippen molar-refractivity contribution in [3.05, 3.63) is 16.3 Å². The molecule has 9 heteroatoms. The van der Waals surface area contributed by atoms with E-state index in [2.05, 4.69) is 0 Å². The number of carboxylic acid groups (broad SMARTS) is 1. The van der Waals surface area contributed by atoms with Crippen LogP contribution < -0.4 is 0 Å². The molecule has 1 aromatic rings. The van der Waals surface area contributed by atoms with E-state index in [0.717, 1.165) is 21.7 Å². The summed E-state index contributed by atoms with van der Waals surface area (Å²) < 4.78 is 31.0. The van der Waals surface area contributed by atoms with Gasteiger partial charge in [-0.05, 0) is 6.07 Å². The topological polar surface area (TPSA) is 104 Å². The van der Waals surface area contributed by atoms with Gasteiger partial charge in [-0.3, -0.25) is 0 Å². The highest BCUT2D eigenvalue weighted by molar-refractivity contribution is 7.89. The largest absolute Gasteiger partial charge is 0.477 e. The highest BCUT2D eigenvalue weighted by Crippen LogP contribution is 2.26. The van der Waals surface area contributed by atoms with Gasteiger partial charge in [0.15, 0.2) is 0 Å². The van der Waals surface area contributed by atoms with Crippen molar-refractivity contribution < 1.29 is 28.2 Å². The summed E-state index contributed by atoms with van der Waals surface area (Å²) in [7, 11) is -2.43. The number of hydrogen-bond donors (Lipinski definition) is 2. The Morgan fingerprint density at radius 1 is 1.48 bits per heavy atom. The fourth-order valence-electron chi connectivity index (χ4n) is 2.16. The third kappa shape index (κ3) is 3.61. The second-order valence-electron chi connectivity index (χ2n) is 5.05. The average Bonchev–Trinajstić information content (AvgIpc) is 2.89. The molecule has 0 bridgehead atoms. The van der Waals surface area contributed by atoms with Gasteiger partial charge < -0.3 is 14.9 Å². The van der Waals surface area contributed by atoms with Crippen LogP contribution in [-0.2, 0) is 14.8 Å². The van der Waals surface area contributed by atoms with Crippen molar-refractivity contribution in [2.45, 2.75) is 23.3 Å². The number of carboxylic acids is 1. The van der Waals surface area contributed by atoms with Crippen LogP contribution in [0.2, 0.25) is 0 Å². The Bertz CT molecular complexity index is 617. The zero-order chi connectivity index (χ0) is 15.7. The summed E-state index contributed by atoms with van der Waals surface area (Å²) in [6.45, 7) is 0.745. The first kappa shape index (κ1) is 16.4. The lowest BCUT2D eigenvalue weighted by Gasteiger charge is -2.34. The van der Waals surface area contributed by atoms with Gasteiger partial charge in [0.05, 0.1) is 10.5 Å². The summed E-state index contributed by atoms with van der Waals surface area (Å²) in [4.78, 5) is 10.7. The highest BCUT2D eigenvalue weighted by Gasteiger charge is 2.35. The molecule has 0 saturated carbocycles. The molecule has 1 aliphatic rings. The fourth-order valence-corrected chi connectivity index (χ4v) is 4.50. The maximum absolute atomic E-state index is 12.4. The van der Waals surface area contributed by atoms with E-state index in [0.29, 0.717) is 26.1 Å². The Balaban J connectivity index is 2.15. The lowest BCUT2D eigenvalue weighted by Crippen LogP contribution is -2.47. The van der Waals surface area contributed by atoms with Gasteiger partial charge >= 0.3 is 5.97 Å². The quantitative estimate of drug-likeness (QED) is 0.817. The van der Waals surface area contributed by atoms with E-state index in [9.17, 15) is 18.3 Å². The third-order valence-corrected chi connectivity index (χ3v) is 6.28. The van der Waals surface area contributed by atoms with Gasteiger partial charge in [-0.15, -0.1) is 11.3 Å². The summed E-state index contributed by atoms with van der Waals surface area (Å²) in [5.41, 5.74) is -1.11. The number of rotatable bonds is 5. The first-order valence-corrected chi connectivity index (χ1v) is 8.65. The van der Waals surface area contributed by atoms with E-state index in [-0.39, 0.29) is 16.3 Å². The van der Waals surface area contributed by atoms with Crippen molar-refractivity contribution in [3.8, 4) is 0 Å². The summed E-state index contributed by atoms with van der Waals surface area (Å²) in [5.74, 6) is -1.16. The molecule has 2 N–H and O–H groups in total. The molecule has 1 aliphatic heterocycles. The molecule has 0 unspecified atom stereocenters. The Kier molecular flexibility index (Phi) is 4.69. The van der Waals surface area contributed by atoms with E-state index in [1.165, 1.54) is 12.4 Å². The van der Waals surface area contributed by atoms with E-state index in [1.807, 2.05) is 0 Å². The molecule has 1 saturated heterocycles. The van der Waals surface area contributed by atoms with Crippen molar-refractivity contribution in [1.29, 1.82) is 0 Å². The minimum Gasteiger partial charge on any atom is -0.477 e. The number of thiophene rings is 1. The Labute approximate surface area is 126 Å². The van der Waals surface area contributed by atoms with Gasteiger partial charge in [0.1, 0.15) is 4.88 Å². The molecule has 0 aliphatic carbocycles. The molecule has 0 amide bonds. The maximum Gasteiger partial charge on any atom is 0.345 e. The maximum atomic E-state index is 12.4. The number of sulfonamides is 1. The second kappa shape index (κ2) is 6.01. The fraction of sp³-hybridized carbons (Fsp3) is 0.583. The molecule has 2 rings (SSSR count). The molecule has 7 nitrogen and oxygen atoms in total. The van der Waals surface area contributed by atoms with E-state index in [4.69, 9.17) is 9.84 Å². The van der Waals surface area contributed by atoms with Crippen LogP contribution >= 0.6 is 11.3 Å². The van der Waals surface area contributed by atoms with Crippen LogP contribution in [0, 0.1) is 0 Å². The minimum atomic E-state index is -3.81. The molecule has 1 aromatic heterocycles. The zero-order valence-electron chi connectivity index (χ0n) is 11.5. The lowest BCUT2D eigenvalue weighted by atomic mass is 9.95. The normalized spacial score (nSPS) is 18.8. The van der Waals surface area contributed by atoms with Gasteiger partial charge in [0.2, 0.25) is 10.0 Å². The van der Waals surface area contributed by atoms with Gasteiger partial charge in [-0.2, -0.15) is 4.31 Å². The van der Waals surface area contributed by atoms with E-state index in [1.54, 1.807) is 0 Å². The van der Waals surface area contributed by atoms with Crippen LogP contribution in [0.5, 0.6) is 0 Å². The van der Waals surface area contributed by atoms with Crippen LogP contribution in [0.3, 0.4) is 0 Å². The van der Waals surface area contributed by atoms with Crippen LogP contribution in [-0.4, -0.2) is 61.3 Å². The zero-order valence-corrected chi connectivity index (χ0v) is 13.1. The Hall–Kier alpha value is -1.00. The predicted octanol–water partition coefficient (Wildman–Crippen LogP) is 0.608. The summed E-state index contributed by atoms with van der Waals surface area (Å²) in [6, 6.07) is 1.13. The minimum absolute atomic E-state index is 0.0354. The van der Waals surface area contributed by atoms with Crippen LogP contribution in [0.1, 0.15) is 22.5 Å². The first-order valence-electron chi connectivity index (χ1n) is 6.33. The summed E-state index contributed by atoms with van der Waals surface area (Å²) in [6.07, 6.45) is 0.744.